The summed E-state index contributed by atoms with van der Waals surface area (Å²) in [5.74, 6) is 0.903. The molecule has 0 fully saturated rings. The van der Waals surface area contributed by atoms with Crippen LogP contribution in [0.25, 0.3) is 0 Å². The van der Waals surface area contributed by atoms with Gasteiger partial charge in [-0.25, -0.2) is 4.98 Å². The highest BCUT2D eigenvalue weighted by atomic mass is 16.4. The van der Waals surface area contributed by atoms with E-state index in [2.05, 4.69) is 42.9 Å². The van der Waals surface area contributed by atoms with Gasteiger partial charge in [0.25, 0.3) is 5.95 Å². The van der Waals surface area contributed by atoms with Crippen molar-refractivity contribution in [2.24, 2.45) is 0 Å². The van der Waals surface area contributed by atoms with Gasteiger partial charge in [0.15, 0.2) is 0 Å². The second-order valence-corrected chi connectivity index (χ2v) is 4.54. The van der Waals surface area contributed by atoms with Crippen LogP contribution < -0.4 is 10.6 Å². The number of hydrogen-bond donors (Lipinski definition) is 2. The molecule has 8 heteroatoms. The van der Waals surface area contributed by atoms with Crippen molar-refractivity contribution in [3.8, 4) is 0 Å². The molecule has 2 aromatic heterocycles. The monoisotopic (exact) mass is 291 g/mol. The lowest BCUT2D eigenvalue weighted by Gasteiger charge is -2.04. The van der Waals surface area contributed by atoms with Gasteiger partial charge in [-0.3, -0.25) is 5.32 Å². The van der Waals surface area contributed by atoms with E-state index in [0.717, 1.165) is 37.2 Å². The Labute approximate surface area is 123 Å². The third-order valence-electron chi connectivity index (χ3n) is 2.90. The van der Waals surface area contributed by atoms with Crippen LogP contribution in [-0.2, 0) is 19.4 Å². The fourth-order valence-corrected chi connectivity index (χ4v) is 1.83. The Hall–Kier alpha value is -2.09. The van der Waals surface area contributed by atoms with Crippen molar-refractivity contribution in [2.45, 2.75) is 46.6 Å². The summed E-state index contributed by atoms with van der Waals surface area (Å²) >= 11 is 0. The molecule has 21 heavy (non-hydrogen) atoms. The number of aromatic nitrogens is 5. The number of anilines is 2. The summed E-state index contributed by atoms with van der Waals surface area (Å²) in [5.41, 5.74) is 1.84. The highest BCUT2D eigenvalue weighted by molar-refractivity contribution is 5.39. The molecule has 0 bridgehead atoms. The number of hydrogen-bond acceptors (Lipinski definition) is 8. The summed E-state index contributed by atoms with van der Waals surface area (Å²) in [7, 11) is 0. The van der Waals surface area contributed by atoms with Crippen LogP contribution in [0.15, 0.2) is 4.42 Å². The van der Waals surface area contributed by atoms with E-state index in [9.17, 15) is 0 Å². The first-order valence-corrected chi connectivity index (χ1v) is 7.29. The molecule has 2 aromatic rings. The van der Waals surface area contributed by atoms with Gasteiger partial charge in [0.05, 0.1) is 17.9 Å². The molecule has 0 unspecified atom stereocenters. The maximum Gasteiger partial charge on any atom is 0.322 e. The minimum Gasteiger partial charge on any atom is -0.406 e. The summed E-state index contributed by atoms with van der Waals surface area (Å²) < 4.78 is 5.46. The van der Waals surface area contributed by atoms with E-state index in [1.807, 2.05) is 13.8 Å². The van der Waals surface area contributed by atoms with E-state index >= 15 is 0 Å². The zero-order chi connectivity index (χ0) is 15.1. The third-order valence-corrected chi connectivity index (χ3v) is 2.90. The van der Waals surface area contributed by atoms with Gasteiger partial charge in [-0.2, -0.15) is 0 Å². The van der Waals surface area contributed by atoms with Crippen molar-refractivity contribution < 1.29 is 4.42 Å². The van der Waals surface area contributed by atoms with Gasteiger partial charge in [0.1, 0.15) is 0 Å². The van der Waals surface area contributed by atoms with Crippen molar-refractivity contribution in [3.05, 3.63) is 17.3 Å². The lowest BCUT2D eigenvalue weighted by atomic mass is 10.2. The maximum absolute atomic E-state index is 5.46. The van der Waals surface area contributed by atoms with Gasteiger partial charge in [-0.15, -0.1) is 15.3 Å². The molecule has 0 aliphatic heterocycles. The number of nitrogens with zero attached hydrogens (tertiary/aromatic N) is 5. The van der Waals surface area contributed by atoms with Crippen molar-refractivity contribution in [3.63, 3.8) is 0 Å². The lowest BCUT2D eigenvalue weighted by molar-refractivity contribution is 0.479. The normalized spacial score (nSPS) is 10.8. The second-order valence-electron chi connectivity index (χ2n) is 4.54. The minimum atomic E-state index is 0.274. The maximum atomic E-state index is 5.46. The van der Waals surface area contributed by atoms with Gasteiger partial charge in [-0.05, 0) is 25.8 Å². The van der Waals surface area contributed by atoms with E-state index < -0.39 is 0 Å². The molecule has 0 aliphatic rings. The molecule has 0 spiro atoms. The van der Waals surface area contributed by atoms with E-state index in [4.69, 9.17) is 4.42 Å². The molecule has 0 saturated carbocycles. The fourth-order valence-electron chi connectivity index (χ4n) is 1.83. The topological polar surface area (TPSA) is 102 Å². The zero-order valence-corrected chi connectivity index (χ0v) is 12.7. The van der Waals surface area contributed by atoms with Gasteiger partial charge < -0.3 is 9.73 Å². The highest BCUT2D eigenvalue weighted by Gasteiger charge is 2.10. The van der Waals surface area contributed by atoms with Crippen molar-refractivity contribution in [2.75, 3.05) is 11.9 Å². The van der Waals surface area contributed by atoms with Crippen LogP contribution in [0.4, 0.5) is 12.0 Å². The largest absolute Gasteiger partial charge is 0.406 e. The van der Waals surface area contributed by atoms with E-state index in [1.165, 1.54) is 0 Å². The minimum absolute atomic E-state index is 0.274. The highest BCUT2D eigenvalue weighted by Crippen LogP contribution is 2.12. The number of rotatable bonds is 8. The third kappa shape index (κ3) is 4.19. The van der Waals surface area contributed by atoms with Crippen LogP contribution in [0.2, 0.25) is 0 Å². The SMILES string of the molecule is CCCNCc1nnc(Nc2nnc(CC)c(CC)n2)o1. The Morgan fingerprint density at radius 3 is 2.48 bits per heavy atom. The molecular weight excluding hydrogens is 270 g/mol. The summed E-state index contributed by atoms with van der Waals surface area (Å²) in [6, 6.07) is 0.274. The van der Waals surface area contributed by atoms with Crippen LogP contribution in [0.3, 0.4) is 0 Å². The summed E-state index contributed by atoms with van der Waals surface area (Å²) in [5, 5.41) is 22.1. The molecule has 0 aromatic carbocycles. The number of aryl methyl sites for hydroxylation is 2. The molecule has 0 atom stereocenters. The van der Waals surface area contributed by atoms with E-state index in [1.54, 1.807) is 0 Å². The smallest absolute Gasteiger partial charge is 0.322 e. The first-order valence-electron chi connectivity index (χ1n) is 7.29. The van der Waals surface area contributed by atoms with Crippen LogP contribution in [0.1, 0.15) is 44.5 Å². The summed E-state index contributed by atoms with van der Waals surface area (Å²) in [4.78, 5) is 4.41. The van der Waals surface area contributed by atoms with Crippen LogP contribution in [0, 0.1) is 0 Å². The van der Waals surface area contributed by atoms with Gasteiger partial charge in [-0.1, -0.05) is 25.9 Å². The molecule has 0 radical (unpaired) electrons. The van der Waals surface area contributed by atoms with Crippen LogP contribution >= 0.6 is 0 Å². The molecule has 0 saturated heterocycles. The average molecular weight is 291 g/mol. The predicted molar refractivity (Wildman–Crippen MR) is 78.2 cm³/mol. The Bertz CT molecular complexity index is 569. The molecular formula is C13H21N7O. The average Bonchev–Trinajstić information content (AvgIpc) is 2.95. The standard InChI is InChI=1S/C13H21N7O/c1-4-7-14-8-11-18-20-13(21-11)16-12-15-9(5-2)10(6-3)17-19-12/h14H,4-8H2,1-3H3,(H,15,16,19,20). The Morgan fingerprint density at radius 1 is 0.952 bits per heavy atom. The van der Waals surface area contributed by atoms with Crippen molar-refractivity contribution in [1.82, 2.24) is 30.7 Å². The molecule has 114 valence electrons. The van der Waals surface area contributed by atoms with Crippen LogP contribution in [-0.4, -0.2) is 31.9 Å². The molecule has 0 amide bonds. The van der Waals surface area contributed by atoms with Gasteiger partial charge in [0, 0.05) is 0 Å². The summed E-state index contributed by atoms with van der Waals surface area (Å²) in [6.45, 7) is 7.64. The van der Waals surface area contributed by atoms with Gasteiger partial charge in [0.2, 0.25) is 5.89 Å². The van der Waals surface area contributed by atoms with E-state index in [0.29, 0.717) is 18.4 Å². The lowest BCUT2D eigenvalue weighted by Crippen LogP contribution is -2.13. The Kier molecular flexibility index (Phi) is 5.56. The second kappa shape index (κ2) is 7.63. The van der Waals surface area contributed by atoms with Gasteiger partial charge >= 0.3 is 6.01 Å². The van der Waals surface area contributed by atoms with E-state index in [-0.39, 0.29) is 6.01 Å². The first-order chi connectivity index (χ1) is 10.3. The fraction of sp³-hybridized carbons (Fsp3) is 0.615. The summed E-state index contributed by atoms with van der Waals surface area (Å²) in [6.07, 6.45) is 2.68. The molecule has 0 aliphatic carbocycles. The van der Waals surface area contributed by atoms with Crippen molar-refractivity contribution in [1.29, 1.82) is 0 Å². The predicted octanol–water partition coefficient (Wildman–Crippen LogP) is 1.62. The molecule has 2 heterocycles. The van der Waals surface area contributed by atoms with Crippen molar-refractivity contribution >= 4 is 12.0 Å². The number of nitrogens with one attached hydrogen (secondary N) is 2. The molecule has 2 rings (SSSR count). The molecule has 8 nitrogen and oxygen atoms in total. The quantitative estimate of drug-likeness (QED) is 0.707. The molecule has 2 N–H and O–H groups in total. The van der Waals surface area contributed by atoms with Crippen LogP contribution in [0.5, 0.6) is 0 Å². The zero-order valence-electron chi connectivity index (χ0n) is 12.7. The first kappa shape index (κ1) is 15.3. The Balaban J connectivity index is 2.01. The Morgan fingerprint density at radius 2 is 1.76 bits per heavy atom.